The van der Waals surface area contributed by atoms with Crippen LogP contribution in [0.2, 0.25) is 0 Å². The third-order valence-electron chi connectivity index (χ3n) is 2.07. The molecule has 0 unspecified atom stereocenters. The molecule has 0 bridgehead atoms. The number of terminal acetylenes is 1. The summed E-state index contributed by atoms with van der Waals surface area (Å²) in [6, 6.07) is 1.87. The van der Waals surface area contributed by atoms with E-state index in [1.807, 2.05) is 6.07 Å². The van der Waals surface area contributed by atoms with Crippen LogP contribution in [-0.4, -0.2) is 19.7 Å². The van der Waals surface area contributed by atoms with Gasteiger partial charge in [0.2, 0.25) is 0 Å². The van der Waals surface area contributed by atoms with E-state index in [0.717, 1.165) is 11.4 Å². The fourth-order valence-corrected chi connectivity index (χ4v) is 1.56. The largest absolute Gasteiger partial charge is 0.261 e. The molecule has 5 heteroatoms. The van der Waals surface area contributed by atoms with E-state index in [-0.39, 0.29) is 0 Å². The summed E-state index contributed by atoms with van der Waals surface area (Å²) in [5, 5.41) is 4.33. The molecule has 2 heterocycles. The third-order valence-corrected chi connectivity index (χ3v) is 2.34. The Hall–Kier alpha value is -1.86. The minimum atomic E-state index is 0.370. The predicted octanol–water partition coefficient (Wildman–Crippen LogP) is 1.71. The molecule has 80 valence electrons. The van der Waals surface area contributed by atoms with Gasteiger partial charge in [0.15, 0.2) is 0 Å². The van der Waals surface area contributed by atoms with Gasteiger partial charge < -0.3 is 0 Å². The Balaban J connectivity index is 2.41. The molecule has 0 amide bonds. The lowest BCUT2D eigenvalue weighted by molar-refractivity contribution is 0.689. The van der Waals surface area contributed by atoms with Gasteiger partial charge in [-0.25, -0.2) is 0 Å². The number of alkyl halides is 1. The predicted molar refractivity (Wildman–Crippen MR) is 61.6 cm³/mol. The number of nitrogens with zero attached hydrogens (tertiary/aromatic N) is 4. The first-order valence-electron chi connectivity index (χ1n) is 4.67. The van der Waals surface area contributed by atoms with Crippen molar-refractivity contribution in [3.63, 3.8) is 0 Å². The third kappa shape index (κ3) is 2.05. The van der Waals surface area contributed by atoms with Gasteiger partial charge in [-0.3, -0.25) is 14.6 Å². The van der Waals surface area contributed by atoms with Crippen LogP contribution in [0.4, 0.5) is 0 Å². The average Bonchev–Trinajstić information content (AvgIpc) is 2.74. The molecule has 16 heavy (non-hydrogen) atoms. The topological polar surface area (TPSA) is 43.6 Å². The van der Waals surface area contributed by atoms with Crippen LogP contribution in [0.3, 0.4) is 0 Å². The molecular formula is C11H9ClN4. The van der Waals surface area contributed by atoms with Gasteiger partial charge in [0, 0.05) is 12.4 Å². The Morgan fingerprint density at radius 2 is 2.25 bits per heavy atom. The maximum absolute atomic E-state index is 5.80. The van der Waals surface area contributed by atoms with Crippen LogP contribution in [0.15, 0.2) is 24.7 Å². The van der Waals surface area contributed by atoms with Crippen molar-refractivity contribution >= 4 is 11.6 Å². The monoisotopic (exact) mass is 232 g/mol. The van der Waals surface area contributed by atoms with E-state index in [1.165, 1.54) is 0 Å². The minimum Gasteiger partial charge on any atom is -0.261 e. The summed E-state index contributed by atoms with van der Waals surface area (Å²) in [6.07, 6.45) is 10.1. The molecule has 0 N–H and O–H groups in total. The highest BCUT2D eigenvalue weighted by Crippen LogP contribution is 2.16. The van der Waals surface area contributed by atoms with Crippen molar-refractivity contribution in [3.05, 3.63) is 30.4 Å². The summed E-state index contributed by atoms with van der Waals surface area (Å²) in [5.74, 6) is 2.90. The zero-order chi connectivity index (χ0) is 11.4. The van der Waals surface area contributed by atoms with Gasteiger partial charge in [0.1, 0.15) is 17.9 Å². The van der Waals surface area contributed by atoms with E-state index >= 15 is 0 Å². The Bertz CT molecular complexity index is 513. The molecular weight excluding hydrogens is 224 g/mol. The molecule has 0 aliphatic heterocycles. The van der Waals surface area contributed by atoms with E-state index in [1.54, 1.807) is 23.3 Å². The normalized spacial score (nSPS) is 10.0. The lowest BCUT2D eigenvalue weighted by atomic mass is 10.3. The molecule has 0 radical (unpaired) electrons. The van der Waals surface area contributed by atoms with Gasteiger partial charge in [-0.2, -0.15) is 5.10 Å². The number of hydrogen-bond donors (Lipinski definition) is 0. The SMILES string of the molecule is C#CCn1nc(-c2cnccn2)cc1CCl. The van der Waals surface area contributed by atoms with Crippen LogP contribution >= 0.6 is 11.6 Å². The molecule has 0 aromatic carbocycles. The summed E-state index contributed by atoms with van der Waals surface area (Å²) in [7, 11) is 0. The molecule has 0 atom stereocenters. The highest BCUT2D eigenvalue weighted by Gasteiger charge is 2.08. The lowest BCUT2D eigenvalue weighted by Crippen LogP contribution is -2.01. The van der Waals surface area contributed by atoms with E-state index in [4.69, 9.17) is 18.0 Å². The molecule has 2 aromatic rings. The Labute approximate surface area is 98.3 Å². The van der Waals surface area contributed by atoms with Crippen molar-refractivity contribution in [1.82, 2.24) is 19.7 Å². The van der Waals surface area contributed by atoms with Crippen molar-refractivity contribution in [2.24, 2.45) is 0 Å². The first-order valence-corrected chi connectivity index (χ1v) is 5.21. The molecule has 4 nitrogen and oxygen atoms in total. The maximum Gasteiger partial charge on any atom is 0.113 e. The van der Waals surface area contributed by atoms with Crippen LogP contribution in [-0.2, 0) is 12.4 Å². The van der Waals surface area contributed by atoms with E-state index in [0.29, 0.717) is 18.1 Å². The van der Waals surface area contributed by atoms with Crippen molar-refractivity contribution in [3.8, 4) is 23.7 Å². The Kier molecular flexibility index (Phi) is 3.18. The second kappa shape index (κ2) is 4.77. The fraction of sp³-hybridized carbons (Fsp3) is 0.182. The Morgan fingerprint density at radius 1 is 1.38 bits per heavy atom. The average molecular weight is 233 g/mol. The molecule has 2 rings (SSSR count). The molecule has 0 aliphatic rings. The number of halogens is 1. The summed E-state index contributed by atoms with van der Waals surface area (Å²) in [5.41, 5.74) is 2.32. The second-order valence-corrected chi connectivity index (χ2v) is 3.37. The lowest BCUT2D eigenvalue weighted by Gasteiger charge is -1.97. The number of aromatic nitrogens is 4. The van der Waals surface area contributed by atoms with Crippen molar-refractivity contribution in [1.29, 1.82) is 0 Å². The minimum absolute atomic E-state index is 0.370. The van der Waals surface area contributed by atoms with Crippen molar-refractivity contribution in [2.75, 3.05) is 0 Å². The molecule has 0 fully saturated rings. The van der Waals surface area contributed by atoms with E-state index in [2.05, 4.69) is 21.0 Å². The van der Waals surface area contributed by atoms with Gasteiger partial charge >= 0.3 is 0 Å². The maximum atomic E-state index is 5.80. The van der Waals surface area contributed by atoms with Crippen LogP contribution in [0, 0.1) is 12.3 Å². The smallest absolute Gasteiger partial charge is 0.113 e. The van der Waals surface area contributed by atoms with Crippen LogP contribution in [0.5, 0.6) is 0 Å². The molecule has 0 spiro atoms. The highest BCUT2D eigenvalue weighted by atomic mass is 35.5. The van der Waals surface area contributed by atoms with E-state index in [9.17, 15) is 0 Å². The Morgan fingerprint density at radius 3 is 2.88 bits per heavy atom. The summed E-state index contributed by atoms with van der Waals surface area (Å²) in [6.45, 7) is 0.405. The van der Waals surface area contributed by atoms with Crippen molar-refractivity contribution in [2.45, 2.75) is 12.4 Å². The quantitative estimate of drug-likeness (QED) is 0.598. The van der Waals surface area contributed by atoms with Crippen LogP contribution in [0.25, 0.3) is 11.4 Å². The van der Waals surface area contributed by atoms with Gasteiger partial charge in [0.25, 0.3) is 0 Å². The summed E-state index contributed by atoms with van der Waals surface area (Å²) in [4.78, 5) is 8.15. The molecule has 0 saturated carbocycles. The summed E-state index contributed by atoms with van der Waals surface area (Å²) >= 11 is 5.80. The van der Waals surface area contributed by atoms with Gasteiger partial charge in [-0.15, -0.1) is 18.0 Å². The zero-order valence-electron chi connectivity index (χ0n) is 8.47. The number of rotatable bonds is 3. The van der Waals surface area contributed by atoms with E-state index < -0.39 is 0 Å². The molecule has 2 aromatic heterocycles. The zero-order valence-corrected chi connectivity index (χ0v) is 9.22. The first-order chi connectivity index (χ1) is 7.85. The summed E-state index contributed by atoms with van der Waals surface area (Å²) < 4.78 is 1.69. The second-order valence-electron chi connectivity index (χ2n) is 3.11. The highest BCUT2D eigenvalue weighted by molar-refractivity contribution is 6.16. The first kappa shape index (κ1) is 10.7. The fourth-order valence-electron chi connectivity index (χ4n) is 1.34. The van der Waals surface area contributed by atoms with Crippen LogP contribution < -0.4 is 0 Å². The standard InChI is InChI=1S/C11H9ClN4/c1-2-5-16-9(7-12)6-10(15-16)11-8-13-3-4-14-11/h1,3-4,6,8H,5,7H2. The molecule has 0 aliphatic carbocycles. The van der Waals surface area contributed by atoms with Gasteiger partial charge in [0.05, 0.1) is 17.8 Å². The van der Waals surface area contributed by atoms with Gasteiger partial charge in [-0.1, -0.05) is 5.92 Å². The van der Waals surface area contributed by atoms with Gasteiger partial charge in [-0.05, 0) is 6.07 Å². The number of hydrogen-bond acceptors (Lipinski definition) is 3. The molecule has 0 saturated heterocycles. The van der Waals surface area contributed by atoms with Crippen LogP contribution in [0.1, 0.15) is 5.69 Å². The van der Waals surface area contributed by atoms with Crippen molar-refractivity contribution < 1.29 is 0 Å².